The molecule has 36 heavy (non-hydrogen) atoms. The monoisotopic (exact) mass is 504 g/mol. The van der Waals surface area contributed by atoms with E-state index in [-0.39, 0.29) is 42.4 Å². The van der Waals surface area contributed by atoms with Crippen LogP contribution in [0.15, 0.2) is 42.5 Å². The van der Waals surface area contributed by atoms with Crippen LogP contribution in [-0.2, 0) is 11.2 Å². The van der Waals surface area contributed by atoms with Crippen LogP contribution in [-0.4, -0.2) is 12.1 Å². The lowest BCUT2D eigenvalue weighted by molar-refractivity contribution is 0.0279. The van der Waals surface area contributed by atoms with Crippen LogP contribution >= 0.6 is 0 Å². The average Bonchev–Trinajstić information content (AvgIpc) is 2.87. The van der Waals surface area contributed by atoms with Crippen molar-refractivity contribution in [1.82, 2.24) is 0 Å². The summed E-state index contributed by atoms with van der Waals surface area (Å²) in [7, 11) is 0. The normalized spacial score (nSPS) is 15.6. The largest absolute Gasteiger partial charge is 0.458 e. The van der Waals surface area contributed by atoms with Crippen LogP contribution in [0.1, 0.15) is 53.2 Å². The van der Waals surface area contributed by atoms with E-state index >= 15 is 0 Å². The van der Waals surface area contributed by atoms with Crippen molar-refractivity contribution in [3.8, 4) is 11.1 Å². The predicted octanol–water partition coefficient (Wildman–Crippen LogP) is 7.85. The minimum Gasteiger partial charge on any atom is -0.458 e. The fourth-order valence-corrected chi connectivity index (χ4v) is 4.26. The summed E-state index contributed by atoms with van der Waals surface area (Å²) in [5.74, 6) is -8.49. The summed E-state index contributed by atoms with van der Waals surface area (Å²) >= 11 is 0. The zero-order chi connectivity index (χ0) is 26.1. The summed E-state index contributed by atoms with van der Waals surface area (Å²) in [4.78, 5) is 12.5. The van der Waals surface area contributed by atoms with E-state index in [0.717, 1.165) is 18.2 Å². The van der Waals surface area contributed by atoms with E-state index in [2.05, 4.69) is 0 Å². The van der Waals surface area contributed by atoms with Gasteiger partial charge in [-0.2, -0.15) is 0 Å². The topological polar surface area (TPSA) is 26.3 Å². The van der Waals surface area contributed by atoms with E-state index in [1.54, 1.807) is 13.0 Å². The highest BCUT2D eigenvalue weighted by molar-refractivity contribution is 5.90. The van der Waals surface area contributed by atoms with Gasteiger partial charge in [0.1, 0.15) is 6.10 Å². The zero-order valence-corrected chi connectivity index (χ0v) is 19.5. The maximum absolute atomic E-state index is 14.8. The Labute approximate surface area is 204 Å². The number of carbonyl (C=O) groups excluding carboxylic acids is 1. The average molecular weight is 504 g/mol. The maximum atomic E-state index is 14.8. The Bertz CT molecular complexity index is 1380. The highest BCUT2D eigenvalue weighted by atomic mass is 19.2. The van der Waals surface area contributed by atoms with Crippen LogP contribution < -0.4 is 0 Å². The number of halogens is 6. The predicted molar refractivity (Wildman–Crippen MR) is 123 cm³/mol. The van der Waals surface area contributed by atoms with Gasteiger partial charge in [0.15, 0.2) is 34.9 Å². The van der Waals surface area contributed by atoms with Gasteiger partial charge in [-0.15, -0.1) is 0 Å². The first-order chi connectivity index (χ1) is 17.1. The summed E-state index contributed by atoms with van der Waals surface area (Å²) < 4.78 is 91.5. The molecule has 1 unspecified atom stereocenters. The molecule has 0 heterocycles. The SMILES string of the molecule is CCc1ccc(-c2ccc(C(=O)OC3CC=C(c4ccc(C)c(F)c4F)CC3)c(F)c2F)c(F)c1F. The molecule has 0 fully saturated rings. The molecule has 0 aliphatic heterocycles. The second-order valence-electron chi connectivity index (χ2n) is 8.63. The van der Waals surface area contributed by atoms with E-state index < -0.39 is 63.7 Å². The van der Waals surface area contributed by atoms with Crippen LogP contribution in [0.4, 0.5) is 26.3 Å². The summed E-state index contributed by atoms with van der Waals surface area (Å²) in [6.45, 7) is 3.08. The maximum Gasteiger partial charge on any atom is 0.341 e. The van der Waals surface area contributed by atoms with Gasteiger partial charge in [-0.05, 0) is 49.0 Å². The molecule has 3 aromatic rings. The Balaban J connectivity index is 1.51. The summed E-state index contributed by atoms with van der Waals surface area (Å²) in [6, 6.07) is 7.34. The van der Waals surface area contributed by atoms with Crippen molar-refractivity contribution in [2.45, 2.75) is 45.6 Å². The quantitative estimate of drug-likeness (QED) is 0.261. The first-order valence-corrected chi connectivity index (χ1v) is 11.4. The Morgan fingerprint density at radius 2 is 1.42 bits per heavy atom. The molecule has 1 aliphatic rings. The minimum absolute atomic E-state index is 0.0947. The third-order valence-electron chi connectivity index (χ3n) is 6.39. The molecule has 0 N–H and O–H groups in total. The molecule has 4 rings (SSSR count). The van der Waals surface area contributed by atoms with Gasteiger partial charge in [0.25, 0.3) is 0 Å². The van der Waals surface area contributed by atoms with Gasteiger partial charge < -0.3 is 4.74 Å². The molecule has 3 aromatic carbocycles. The van der Waals surface area contributed by atoms with Gasteiger partial charge in [0.2, 0.25) is 0 Å². The molecule has 0 spiro atoms. The van der Waals surface area contributed by atoms with Crippen molar-refractivity contribution < 1.29 is 35.9 Å². The first kappa shape index (κ1) is 25.5. The van der Waals surface area contributed by atoms with Crippen LogP contribution in [0.2, 0.25) is 0 Å². The Kier molecular flexibility index (Phi) is 7.24. The number of allylic oxidation sites excluding steroid dienone is 1. The van der Waals surface area contributed by atoms with E-state index in [1.165, 1.54) is 25.1 Å². The molecule has 0 bridgehead atoms. The molecule has 0 aromatic heterocycles. The number of rotatable bonds is 5. The van der Waals surface area contributed by atoms with Gasteiger partial charge in [0, 0.05) is 23.1 Å². The number of aryl methyl sites for hydroxylation is 2. The standard InChI is InChI=1S/C28H22F6O2/c1-3-15-7-11-19(25(32)23(15)30)20-12-13-21(27(34)26(20)33)28(35)36-17-8-5-16(6-9-17)18-10-4-14(2)22(29)24(18)31/h4-5,7,10-13,17H,3,6,8-9H2,1-2H3. The second kappa shape index (κ2) is 10.2. The van der Waals surface area contributed by atoms with Crippen LogP contribution in [0.3, 0.4) is 0 Å². The van der Waals surface area contributed by atoms with E-state index in [9.17, 15) is 31.1 Å². The molecular weight excluding hydrogens is 482 g/mol. The van der Waals surface area contributed by atoms with Crippen molar-refractivity contribution in [2.75, 3.05) is 0 Å². The molecule has 8 heteroatoms. The highest BCUT2D eigenvalue weighted by Gasteiger charge is 2.27. The molecule has 188 valence electrons. The Morgan fingerprint density at radius 1 is 0.806 bits per heavy atom. The van der Waals surface area contributed by atoms with Crippen molar-refractivity contribution in [1.29, 1.82) is 0 Å². The molecule has 0 amide bonds. The smallest absolute Gasteiger partial charge is 0.341 e. The van der Waals surface area contributed by atoms with Crippen LogP contribution in [0, 0.1) is 41.8 Å². The van der Waals surface area contributed by atoms with Crippen LogP contribution in [0.25, 0.3) is 16.7 Å². The number of carbonyl (C=O) groups is 1. The fraction of sp³-hybridized carbons (Fsp3) is 0.250. The third kappa shape index (κ3) is 4.64. The van der Waals surface area contributed by atoms with E-state index in [4.69, 9.17) is 4.74 Å². The number of benzene rings is 3. The molecule has 2 nitrogen and oxygen atoms in total. The van der Waals surface area contributed by atoms with E-state index in [0.29, 0.717) is 5.57 Å². The summed E-state index contributed by atoms with van der Waals surface area (Å²) in [6.07, 6.45) is 1.88. The second-order valence-corrected chi connectivity index (χ2v) is 8.63. The number of hydrogen-bond donors (Lipinski definition) is 0. The lowest BCUT2D eigenvalue weighted by Crippen LogP contribution is -2.21. The van der Waals surface area contributed by atoms with Crippen molar-refractivity contribution in [3.63, 3.8) is 0 Å². The van der Waals surface area contributed by atoms with Gasteiger partial charge in [-0.25, -0.2) is 31.1 Å². The number of esters is 1. The van der Waals surface area contributed by atoms with Crippen molar-refractivity contribution >= 4 is 11.5 Å². The molecule has 0 radical (unpaired) electrons. The zero-order valence-electron chi connectivity index (χ0n) is 19.5. The molecule has 0 saturated heterocycles. The highest BCUT2D eigenvalue weighted by Crippen LogP contribution is 2.33. The van der Waals surface area contributed by atoms with Gasteiger partial charge >= 0.3 is 5.97 Å². The van der Waals surface area contributed by atoms with E-state index in [1.807, 2.05) is 0 Å². The molecule has 1 atom stereocenters. The van der Waals surface area contributed by atoms with Crippen molar-refractivity contribution in [2.24, 2.45) is 0 Å². The molecular formula is C28H22F6O2. The van der Waals surface area contributed by atoms with Crippen molar-refractivity contribution in [3.05, 3.63) is 99.6 Å². The first-order valence-electron chi connectivity index (χ1n) is 11.4. The summed E-state index contributed by atoms with van der Waals surface area (Å²) in [5, 5.41) is 0. The molecule has 0 saturated carbocycles. The van der Waals surface area contributed by atoms with Gasteiger partial charge in [-0.1, -0.05) is 43.3 Å². The number of hydrogen-bond acceptors (Lipinski definition) is 2. The van der Waals surface area contributed by atoms with Gasteiger partial charge in [-0.3, -0.25) is 0 Å². The minimum atomic E-state index is -1.54. The third-order valence-corrected chi connectivity index (χ3v) is 6.39. The Morgan fingerprint density at radius 3 is 2.06 bits per heavy atom. The lowest BCUT2D eigenvalue weighted by atomic mass is 9.91. The Hall–Kier alpha value is -3.55. The fourth-order valence-electron chi connectivity index (χ4n) is 4.26. The molecule has 1 aliphatic carbocycles. The lowest BCUT2D eigenvalue weighted by Gasteiger charge is -2.23. The number of ether oxygens (including phenoxy) is 1. The van der Waals surface area contributed by atoms with Crippen LogP contribution in [0.5, 0.6) is 0 Å². The summed E-state index contributed by atoms with van der Waals surface area (Å²) in [5.41, 5.74) is -0.719. The van der Waals surface area contributed by atoms with Gasteiger partial charge in [0.05, 0.1) is 5.56 Å².